The predicted molar refractivity (Wildman–Crippen MR) is 118 cm³/mol. The lowest BCUT2D eigenvalue weighted by Crippen LogP contribution is -2.31. The predicted octanol–water partition coefficient (Wildman–Crippen LogP) is 3.33. The number of hydrogen-bond acceptors (Lipinski definition) is 6. The fourth-order valence-electron chi connectivity index (χ4n) is 3.46. The molecule has 1 atom stereocenters. The van der Waals surface area contributed by atoms with E-state index in [-0.39, 0.29) is 23.3 Å². The van der Waals surface area contributed by atoms with E-state index in [9.17, 15) is 18.0 Å². The maximum Gasteiger partial charge on any atom is 0.261 e. The smallest absolute Gasteiger partial charge is 0.261 e. The molecule has 1 aliphatic heterocycles. The Morgan fingerprint density at radius 1 is 1.03 bits per heavy atom. The van der Waals surface area contributed by atoms with Crippen LogP contribution >= 0.6 is 11.3 Å². The molecule has 0 radical (unpaired) electrons. The highest BCUT2D eigenvalue weighted by molar-refractivity contribution is 7.89. The summed E-state index contributed by atoms with van der Waals surface area (Å²) in [6.07, 6.45) is 0.438. The van der Waals surface area contributed by atoms with Crippen LogP contribution < -0.4 is 4.72 Å². The Balaban J connectivity index is 1.40. The molecular weight excluding hydrogens is 434 g/mol. The van der Waals surface area contributed by atoms with Crippen molar-refractivity contribution in [3.05, 3.63) is 81.3 Å². The van der Waals surface area contributed by atoms with Crippen LogP contribution in [0.15, 0.2) is 58.8 Å². The zero-order valence-corrected chi connectivity index (χ0v) is 18.7. The summed E-state index contributed by atoms with van der Waals surface area (Å²) in [7, 11) is -3.70. The van der Waals surface area contributed by atoms with Crippen LogP contribution in [-0.2, 0) is 16.4 Å². The summed E-state index contributed by atoms with van der Waals surface area (Å²) in [4.78, 5) is 30.6. The first-order valence-corrected chi connectivity index (χ1v) is 12.1. The number of fused-ring (bicyclic) bond motifs is 1. The summed E-state index contributed by atoms with van der Waals surface area (Å²) in [6.45, 7) is 3.86. The second-order valence-corrected chi connectivity index (χ2v) is 10.1. The summed E-state index contributed by atoms with van der Waals surface area (Å²) < 4.78 is 28.0. The van der Waals surface area contributed by atoms with Gasteiger partial charge in [-0.15, -0.1) is 11.3 Å². The van der Waals surface area contributed by atoms with E-state index in [1.165, 1.54) is 28.4 Å². The van der Waals surface area contributed by atoms with E-state index >= 15 is 0 Å². The highest BCUT2D eigenvalue weighted by atomic mass is 32.2. The van der Waals surface area contributed by atoms with Gasteiger partial charge in [-0.2, -0.15) is 0 Å². The molecule has 2 amide bonds. The number of aryl methyl sites for hydroxylation is 1. The van der Waals surface area contributed by atoms with Gasteiger partial charge in [0.15, 0.2) is 0 Å². The maximum absolute atomic E-state index is 12.7. The molecule has 0 spiro atoms. The number of carbonyl (C=O) groups excluding carboxylic acids is 2. The van der Waals surface area contributed by atoms with Gasteiger partial charge < -0.3 is 0 Å². The summed E-state index contributed by atoms with van der Waals surface area (Å²) in [6, 6.07) is 12.8. The van der Waals surface area contributed by atoms with Crippen molar-refractivity contribution in [2.75, 3.05) is 6.54 Å². The lowest BCUT2D eigenvalue weighted by atomic mass is 10.1. The minimum absolute atomic E-state index is 0.149. The monoisotopic (exact) mass is 455 g/mol. The third kappa shape index (κ3) is 4.30. The summed E-state index contributed by atoms with van der Waals surface area (Å²) in [5, 5.41) is 2.72. The van der Waals surface area contributed by atoms with Crippen LogP contribution in [0, 0.1) is 6.92 Å². The Morgan fingerprint density at radius 3 is 2.19 bits per heavy atom. The van der Waals surface area contributed by atoms with Crippen molar-refractivity contribution in [1.29, 1.82) is 0 Å². The molecule has 2 heterocycles. The molecule has 0 bridgehead atoms. The van der Waals surface area contributed by atoms with Gasteiger partial charge in [-0.1, -0.05) is 24.3 Å². The molecule has 1 N–H and O–H groups in total. The first-order valence-electron chi connectivity index (χ1n) is 9.75. The van der Waals surface area contributed by atoms with Crippen molar-refractivity contribution in [2.45, 2.75) is 31.2 Å². The molecule has 0 saturated carbocycles. The molecule has 0 aliphatic carbocycles. The summed E-state index contributed by atoms with van der Waals surface area (Å²) in [5.41, 5.74) is 2.36. The molecule has 2 aromatic carbocycles. The van der Waals surface area contributed by atoms with E-state index in [0.29, 0.717) is 23.2 Å². The van der Waals surface area contributed by atoms with Crippen molar-refractivity contribution in [3.63, 3.8) is 0 Å². The molecule has 0 saturated heterocycles. The third-order valence-electron chi connectivity index (χ3n) is 5.15. The molecule has 160 valence electrons. The van der Waals surface area contributed by atoms with Crippen LogP contribution in [0.4, 0.5) is 0 Å². The van der Waals surface area contributed by atoms with Crippen molar-refractivity contribution in [3.8, 4) is 0 Å². The van der Waals surface area contributed by atoms with Gasteiger partial charge in [0.05, 0.1) is 32.8 Å². The molecule has 1 unspecified atom stereocenters. The standard InChI is InChI=1S/C22H21N3O4S2/c1-14(20-13-30-15(2)23-20)24-31(28,29)17-9-7-16(8-10-17)11-12-25-21(26)18-5-3-4-6-19(18)22(25)27/h3-10,13-14,24H,11-12H2,1-2H3. The van der Waals surface area contributed by atoms with Gasteiger partial charge in [0.2, 0.25) is 10.0 Å². The summed E-state index contributed by atoms with van der Waals surface area (Å²) in [5.74, 6) is -0.592. The number of thiazole rings is 1. The maximum atomic E-state index is 12.7. The van der Waals surface area contributed by atoms with Crippen LogP contribution in [0.2, 0.25) is 0 Å². The molecule has 0 fully saturated rings. The van der Waals surface area contributed by atoms with Crippen molar-refractivity contribution in [1.82, 2.24) is 14.6 Å². The second kappa shape index (κ2) is 8.33. The van der Waals surface area contributed by atoms with Crippen LogP contribution in [0.3, 0.4) is 0 Å². The Bertz CT molecular complexity index is 1210. The van der Waals surface area contributed by atoms with Crippen LogP contribution in [0.1, 0.15) is 49.9 Å². The molecule has 9 heteroatoms. The molecule has 4 rings (SSSR count). The number of imide groups is 1. The SMILES string of the molecule is Cc1nc(C(C)NS(=O)(=O)c2ccc(CCN3C(=O)c4ccccc4C3=O)cc2)cs1. The number of carbonyl (C=O) groups is 2. The number of hydrogen-bond donors (Lipinski definition) is 1. The lowest BCUT2D eigenvalue weighted by Gasteiger charge is -2.14. The van der Waals surface area contributed by atoms with Crippen LogP contribution in [0.5, 0.6) is 0 Å². The highest BCUT2D eigenvalue weighted by Crippen LogP contribution is 2.23. The highest BCUT2D eigenvalue weighted by Gasteiger charge is 2.34. The van der Waals surface area contributed by atoms with E-state index in [0.717, 1.165) is 10.6 Å². The largest absolute Gasteiger partial charge is 0.274 e. The van der Waals surface area contributed by atoms with Crippen LogP contribution in [-0.4, -0.2) is 36.7 Å². The van der Waals surface area contributed by atoms with Gasteiger partial charge in [-0.05, 0) is 50.1 Å². The van der Waals surface area contributed by atoms with Crippen molar-refractivity contribution >= 4 is 33.2 Å². The van der Waals surface area contributed by atoms with Gasteiger partial charge >= 0.3 is 0 Å². The number of rotatable bonds is 7. The Hall–Kier alpha value is -2.88. The van der Waals surface area contributed by atoms with E-state index in [4.69, 9.17) is 0 Å². The van der Waals surface area contributed by atoms with E-state index in [1.54, 1.807) is 43.3 Å². The molecule has 7 nitrogen and oxygen atoms in total. The quantitative estimate of drug-likeness (QED) is 0.551. The number of aromatic nitrogens is 1. The molecule has 1 aromatic heterocycles. The molecule has 31 heavy (non-hydrogen) atoms. The van der Waals surface area contributed by atoms with Crippen molar-refractivity contribution < 1.29 is 18.0 Å². The number of amides is 2. The fourth-order valence-corrected chi connectivity index (χ4v) is 5.38. The first-order chi connectivity index (χ1) is 14.8. The van der Waals surface area contributed by atoms with Crippen molar-refractivity contribution in [2.24, 2.45) is 0 Å². The summed E-state index contributed by atoms with van der Waals surface area (Å²) >= 11 is 1.47. The van der Waals surface area contributed by atoms with Gasteiger partial charge in [-0.3, -0.25) is 14.5 Å². The zero-order chi connectivity index (χ0) is 22.2. The average Bonchev–Trinajstić information content (AvgIpc) is 3.29. The number of nitrogens with one attached hydrogen (secondary N) is 1. The number of nitrogens with zero attached hydrogens (tertiary/aromatic N) is 2. The Morgan fingerprint density at radius 2 is 1.65 bits per heavy atom. The van der Waals surface area contributed by atoms with Gasteiger partial charge in [0.1, 0.15) is 0 Å². The third-order valence-corrected chi connectivity index (χ3v) is 7.50. The zero-order valence-electron chi connectivity index (χ0n) is 17.0. The molecule has 3 aromatic rings. The van der Waals surface area contributed by atoms with E-state index in [2.05, 4.69) is 9.71 Å². The van der Waals surface area contributed by atoms with E-state index in [1.807, 2.05) is 12.3 Å². The van der Waals surface area contributed by atoms with E-state index < -0.39 is 16.1 Å². The van der Waals surface area contributed by atoms with Gasteiger partial charge in [0, 0.05) is 11.9 Å². The van der Waals surface area contributed by atoms with Gasteiger partial charge in [0.25, 0.3) is 11.8 Å². The molecular formula is C22H21N3O4S2. The van der Waals surface area contributed by atoms with Gasteiger partial charge in [-0.25, -0.2) is 18.1 Å². The second-order valence-electron chi connectivity index (χ2n) is 7.34. The fraction of sp³-hybridized carbons (Fsp3) is 0.227. The van der Waals surface area contributed by atoms with Crippen LogP contribution in [0.25, 0.3) is 0 Å². The lowest BCUT2D eigenvalue weighted by molar-refractivity contribution is 0.0656. The Kier molecular flexibility index (Phi) is 5.74. The Labute approximate surface area is 184 Å². The number of benzene rings is 2. The average molecular weight is 456 g/mol. The first kappa shape index (κ1) is 21.4. The topological polar surface area (TPSA) is 96.4 Å². The molecule has 1 aliphatic rings. The minimum Gasteiger partial charge on any atom is -0.274 e. The number of sulfonamides is 1. The minimum atomic E-state index is -3.70. The normalized spacial score (nSPS) is 14.7.